The molecule has 0 aromatic heterocycles. The standard InChI is InChI=1S/C2HF6N.C2H2F4/c3-1(4,5)9-2(6,7)8;3-1(4)2(5)6/h9H;1-2H. The van der Waals surface area contributed by atoms with Crippen LogP contribution in [-0.4, -0.2) is 25.5 Å². The third kappa shape index (κ3) is 19.6. The van der Waals surface area contributed by atoms with Crippen LogP contribution in [0.4, 0.5) is 43.9 Å². The van der Waals surface area contributed by atoms with E-state index in [1.165, 1.54) is 0 Å². The summed E-state index contributed by atoms with van der Waals surface area (Å²) < 4.78 is 106. The number of alkyl halides is 10. The zero-order chi connectivity index (χ0) is 12.9. The van der Waals surface area contributed by atoms with E-state index in [1.807, 2.05) is 0 Å². The molecular weight excluding hydrogens is 252 g/mol. The van der Waals surface area contributed by atoms with Crippen molar-refractivity contribution in [2.45, 2.75) is 25.5 Å². The van der Waals surface area contributed by atoms with Gasteiger partial charge in [0.25, 0.3) is 12.9 Å². The Morgan fingerprint density at radius 1 is 0.600 bits per heavy atom. The highest BCUT2D eigenvalue weighted by atomic mass is 19.4. The average Bonchev–Trinajstić information content (AvgIpc) is 1.78. The summed E-state index contributed by atoms with van der Waals surface area (Å²) in [5, 5.41) is -0.542. The molecule has 0 bridgehead atoms. The second kappa shape index (κ2) is 5.98. The van der Waals surface area contributed by atoms with Crippen LogP contribution >= 0.6 is 0 Å². The van der Waals surface area contributed by atoms with Crippen molar-refractivity contribution in [2.75, 3.05) is 0 Å². The SMILES string of the molecule is FC(F)(F)NC(F)(F)F.FC(F)C(F)F. The lowest BCUT2D eigenvalue weighted by Gasteiger charge is -2.10. The smallest absolute Gasteiger partial charge is 0.204 e. The van der Waals surface area contributed by atoms with Gasteiger partial charge in [0.15, 0.2) is 0 Å². The molecular formula is C4H3F10N. The molecule has 0 aromatic carbocycles. The molecule has 1 N–H and O–H groups in total. The summed E-state index contributed by atoms with van der Waals surface area (Å²) in [7, 11) is 0. The zero-order valence-electron chi connectivity index (χ0n) is 6.43. The summed E-state index contributed by atoms with van der Waals surface area (Å²) in [6.45, 7) is 0. The highest BCUT2D eigenvalue weighted by molar-refractivity contribution is 4.49. The predicted octanol–water partition coefficient (Wildman–Crippen LogP) is 3.13. The fourth-order valence-corrected chi connectivity index (χ4v) is 0.161. The van der Waals surface area contributed by atoms with E-state index in [4.69, 9.17) is 0 Å². The van der Waals surface area contributed by atoms with Gasteiger partial charge >= 0.3 is 12.6 Å². The molecule has 0 rings (SSSR count). The second-order valence-electron chi connectivity index (χ2n) is 1.79. The molecule has 1 nitrogen and oxygen atoms in total. The van der Waals surface area contributed by atoms with Gasteiger partial charge in [0, 0.05) is 0 Å². The maximum absolute atomic E-state index is 10.7. The number of hydrogen-bond donors (Lipinski definition) is 1. The van der Waals surface area contributed by atoms with Crippen LogP contribution in [0, 0.1) is 0 Å². The highest BCUT2D eigenvalue weighted by Crippen LogP contribution is 2.19. The van der Waals surface area contributed by atoms with Gasteiger partial charge in [-0.2, -0.15) is 26.3 Å². The fraction of sp³-hybridized carbons (Fsp3) is 1.00. The van der Waals surface area contributed by atoms with E-state index in [0.29, 0.717) is 0 Å². The fourth-order valence-electron chi connectivity index (χ4n) is 0.161. The zero-order valence-corrected chi connectivity index (χ0v) is 6.43. The minimum absolute atomic E-state index is 0.542. The molecule has 0 fully saturated rings. The van der Waals surface area contributed by atoms with Crippen LogP contribution < -0.4 is 5.32 Å². The molecule has 0 aliphatic carbocycles. The van der Waals surface area contributed by atoms with Gasteiger partial charge in [-0.25, -0.2) is 17.6 Å². The first-order valence-electron chi connectivity index (χ1n) is 2.84. The molecule has 94 valence electrons. The molecule has 0 aliphatic heterocycles. The predicted molar refractivity (Wildman–Crippen MR) is 27.3 cm³/mol. The van der Waals surface area contributed by atoms with E-state index in [9.17, 15) is 43.9 Å². The molecule has 11 heteroatoms. The molecule has 0 aromatic rings. The van der Waals surface area contributed by atoms with Crippen molar-refractivity contribution >= 4 is 0 Å². The average molecular weight is 255 g/mol. The first kappa shape index (κ1) is 16.7. The van der Waals surface area contributed by atoms with Crippen molar-refractivity contribution in [3.63, 3.8) is 0 Å². The largest absolute Gasteiger partial charge is 0.464 e. The maximum Gasteiger partial charge on any atom is 0.464 e. The number of halogens is 10. The van der Waals surface area contributed by atoms with Gasteiger partial charge in [-0.15, -0.1) is 5.32 Å². The first-order valence-corrected chi connectivity index (χ1v) is 2.84. The summed E-state index contributed by atoms with van der Waals surface area (Å²) >= 11 is 0. The van der Waals surface area contributed by atoms with Crippen LogP contribution in [0.15, 0.2) is 0 Å². The molecule has 0 amide bonds. The molecule has 0 unspecified atom stereocenters. The van der Waals surface area contributed by atoms with Crippen LogP contribution in [-0.2, 0) is 0 Å². The van der Waals surface area contributed by atoms with Crippen molar-refractivity contribution in [3.05, 3.63) is 0 Å². The van der Waals surface area contributed by atoms with Crippen molar-refractivity contribution in [1.82, 2.24) is 5.32 Å². The van der Waals surface area contributed by atoms with Crippen LogP contribution in [0.25, 0.3) is 0 Å². The Kier molecular flexibility index (Phi) is 6.65. The molecule has 0 saturated carbocycles. The summed E-state index contributed by atoms with van der Waals surface area (Å²) in [5.41, 5.74) is 0. The van der Waals surface area contributed by atoms with E-state index in [1.54, 1.807) is 0 Å². The highest BCUT2D eigenvalue weighted by Gasteiger charge is 2.42. The third-order valence-corrected chi connectivity index (χ3v) is 0.474. The Bertz CT molecular complexity index is 138. The molecule has 15 heavy (non-hydrogen) atoms. The summed E-state index contributed by atoms with van der Waals surface area (Å²) in [5.74, 6) is 0. The van der Waals surface area contributed by atoms with Crippen LogP contribution in [0.2, 0.25) is 0 Å². The first-order chi connectivity index (χ1) is 6.35. The molecule has 0 saturated heterocycles. The maximum atomic E-state index is 10.7. The topological polar surface area (TPSA) is 12.0 Å². The molecule has 0 aliphatic rings. The Balaban J connectivity index is 0. The molecule has 0 heterocycles. The van der Waals surface area contributed by atoms with Crippen LogP contribution in [0.1, 0.15) is 0 Å². The second-order valence-corrected chi connectivity index (χ2v) is 1.79. The van der Waals surface area contributed by atoms with E-state index in [-0.39, 0.29) is 0 Å². The van der Waals surface area contributed by atoms with Crippen molar-refractivity contribution in [3.8, 4) is 0 Å². The van der Waals surface area contributed by atoms with Gasteiger partial charge in [0.05, 0.1) is 0 Å². The molecule has 0 spiro atoms. The molecule has 0 atom stereocenters. The Morgan fingerprint density at radius 2 is 0.800 bits per heavy atom. The minimum Gasteiger partial charge on any atom is -0.204 e. The molecule has 0 radical (unpaired) electrons. The van der Waals surface area contributed by atoms with Gasteiger partial charge < -0.3 is 0 Å². The summed E-state index contributed by atoms with van der Waals surface area (Å²) in [6.07, 6.45) is -17.7. The van der Waals surface area contributed by atoms with Crippen LogP contribution in [0.5, 0.6) is 0 Å². The quantitative estimate of drug-likeness (QED) is 0.560. The third-order valence-electron chi connectivity index (χ3n) is 0.474. The van der Waals surface area contributed by atoms with Gasteiger partial charge in [0.1, 0.15) is 0 Å². The minimum atomic E-state index is -5.39. The lowest BCUT2D eigenvalue weighted by Crippen LogP contribution is -2.42. The normalized spacial score (nSPS) is 12.8. The van der Waals surface area contributed by atoms with Crippen molar-refractivity contribution < 1.29 is 43.9 Å². The van der Waals surface area contributed by atoms with Gasteiger partial charge in [-0.1, -0.05) is 0 Å². The van der Waals surface area contributed by atoms with E-state index >= 15 is 0 Å². The summed E-state index contributed by atoms with van der Waals surface area (Å²) in [6, 6.07) is 0. The summed E-state index contributed by atoms with van der Waals surface area (Å²) in [4.78, 5) is 0. The van der Waals surface area contributed by atoms with E-state index < -0.39 is 30.8 Å². The van der Waals surface area contributed by atoms with Crippen molar-refractivity contribution in [2.24, 2.45) is 0 Å². The van der Waals surface area contributed by atoms with E-state index in [2.05, 4.69) is 0 Å². The Morgan fingerprint density at radius 3 is 0.800 bits per heavy atom. The number of hydrogen-bond acceptors (Lipinski definition) is 1. The van der Waals surface area contributed by atoms with Crippen LogP contribution in [0.3, 0.4) is 0 Å². The monoisotopic (exact) mass is 255 g/mol. The number of rotatable bonds is 1. The van der Waals surface area contributed by atoms with Gasteiger partial charge in [-0.05, 0) is 0 Å². The lowest BCUT2D eigenvalue weighted by molar-refractivity contribution is -0.265. The lowest BCUT2D eigenvalue weighted by atomic mass is 10.8. The number of nitrogens with one attached hydrogen (secondary N) is 1. The van der Waals surface area contributed by atoms with Crippen molar-refractivity contribution in [1.29, 1.82) is 0 Å². The van der Waals surface area contributed by atoms with Gasteiger partial charge in [-0.3, -0.25) is 0 Å². The Hall–Kier alpha value is -0.740. The van der Waals surface area contributed by atoms with E-state index in [0.717, 1.165) is 0 Å². The van der Waals surface area contributed by atoms with Gasteiger partial charge in [0.2, 0.25) is 0 Å². The Labute approximate surface area is 76.0 Å².